The minimum Gasteiger partial charge on any atom is -0.384 e. The summed E-state index contributed by atoms with van der Waals surface area (Å²) in [6.07, 6.45) is 3.15. The average molecular weight is 288 g/mol. The number of fused-ring (bicyclic) bond motifs is 1. The van der Waals surface area contributed by atoms with Crippen molar-refractivity contribution in [3.8, 4) is 0 Å². The van der Waals surface area contributed by atoms with Crippen LogP contribution in [-0.2, 0) is 11.2 Å². The van der Waals surface area contributed by atoms with Crippen molar-refractivity contribution in [3.63, 3.8) is 0 Å². The van der Waals surface area contributed by atoms with Crippen molar-refractivity contribution in [2.45, 2.75) is 40.0 Å². The van der Waals surface area contributed by atoms with Crippen LogP contribution in [0.25, 0.3) is 0 Å². The summed E-state index contributed by atoms with van der Waals surface area (Å²) in [5.41, 5.74) is 2.45. The number of hydrogen-bond acceptors (Lipinski definition) is 2. The molecule has 21 heavy (non-hydrogen) atoms. The molecule has 0 aliphatic carbocycles. The zero-order valence-corrected chi connectivity index (χ0v) is 13.6. The van der Waals surface area contributed by atoms with Crippen LogP contribution in [0.1, 0.15) is 39.2 Å². The number of anilines is 1. The molecule has 0 saturated carbocycles. The summed E-state index contributed by atoms with van der Waals surface area (Å²) in [5.74, 6) is 1.01. The van der Waals surface area contributed by atoms with Crippen molar-refractivity contribution < 1.29 is 4.79 Å². The van der Waals surface area contributed by atoms with Gasteiger partial charge in [-0.2, -0.15) is 0 Å². The van der Waals surface area contributed by atoms with E-state index in [0.29, 0.717) is 11.8 Å². The molecule has 1 atom stereocenters. The van der Waals surface area contributed by atoms with Gasteiger partial charge in [0.1, 0.15) is 0 Å². The Hall–Kier alpha value is -1.51. The van der Waals surface area contributed by atoms with Gasteiger partial charge in [0, 0.05) is 25.3 Å². The third kappa shape index (κ3) is 3.78. The van der Waals surface area contributed by atoms with E-state index in [1.165, 1.54) is 11.3 Å². The summed E-state index contributed by atoms with van der Waals surface area (Å²) < 4.78 is 0. The van der Waals surface area contributed by atoms with Crippen LogP contribution in [0.3, 0.4) is 0 Å². The van der Waals surface area contributed by atoms with Crippen molar-refractivity contribution in [1.82, 2.24) is 4.90 Å². The van der Waals surface area contributed by atoms with Crippen LogP contribution in [0.2, 0.25) is 0 Å². The molecule has 1 heterocycles. The fourth-order valence-electron chi connectivity index (χ4n) is 3.11. The van der Waals surface area contributed by atoms with E-state index in [0.717, 1.165) is 38.9 Å². The van der Waals surface area contributed by atoms with Gasteiger partial charge in [-0.1, -0.05) is 44.9 Å². The maximum atomic E-state index is 12.8. The first-order valence-electron chi connectivity index (χ1n) is 8.30. The normalized spacial score (nSPS) is 17.2. The highest BCUT2D eigenvalue weighted by Gasteiger charge is 2.28. The van der Waals surface area contributed by atoms with Gasteiger partial charge >= 0.3 is 0 Å². The van der Waals surface area contributed by atoms with Gasteiger partial charge in [-0.25, -0.2) is 0 Å². The molecule has 0 saturated heterocycles. The largest absolute Gasteiger partial charge is 0.384 e. The molecular formula is C18H28N2O. The van der Waals surface area contributed by atoms with Gasteiger partial charge in [-0.3, -0.25) is 4.79 Å². The van der Waals surface area contributed by atoms with Crippen LogP contribution < -0.4 is 5.32 Å². The molecule has 1 aromatic rings. The number of nitrogens with zero attached hydrogens (tertiary/aromatic N) is 1. The molecule has 1 aliphatic heterocycles. The van der Waals surface area contributed by atoms with Crippen LogP contribution in [0.5, 0.6) is 0 Å². The maximum Gasteiger partial charge on any atom is 0.227 e. The molecule has 0 fully saturated rings. The number of nitrogens with one attached hydrogen (secondary N) is 1. The van der Waals surface area contributed by atoms with Crippen molar-refractivity contribution in [1.29, 1.82) is 0 Å². The lowest BCUT2D eigenvalue weighted by Gasteiger charge is -2.32. The van der Waals surface area contributed by atoms with Crippen LogP contribution in [0.15, 0.2) is 24.3 Å². The highest BCUT2D eigenvalue weighted by atomic mass is 16.2. The number of amides is 1. The Balaban J connectivity index is 2.02. The Morgan fingerprint density at radius 3 is 2.67 bits per heavy atom. The third-order valence-electron chi connectivity index (χ3n) is 4.70. The Morgan fingerprint density at radius 1 is 1.29 bits per heavy atom. The Kier molecular flexibility index (Phi) is 5.66. The van der Waals surface area contributed by atoms with E-state index >= 15 is 0 Å². The average Bonchev–Trinajstić information content (AvgIpc) is 2.55. The van der Waals surface area contributed by atoms with Crippen LogP contribution in [-0.4, -0.2) is 30.4 Å². The van der Waals surface area contributed by atoms with E-state index < -0.39 is 0 Å². The van der Waals surface area contributed by atoms with Gasteiger partial charge < -0.3 is 10.2 Å². The van der Waals surface area contributed by atoms with Gasteiger partial charge in [0.15, 0.2) is 0 Å². The number of hydrogen-bond donors (Lipinski definition) is 1. The quantitative estimate of drug-likeness (QED) is 0.868. The summed E-state index contributed by atoms with van der Waals surface area (Å²) in [6, 6.07) is 8.31. The predicted molar refractivity (Wildman–Crippen MR) is 88.5 cm³/mol. The SMILES string of the molecule is CCC(CC)CN(CC)C(=O)C1CNc2ccccc2C1. The first kappa shape index (κ1) is 15.9. The molecule has 2 rings (SSSR count). The first-order valence-corrected chi connectivity index (χ1v) is 8.30. The number of carbonyl (C=O) groups excluding carboxylic acids is 1. The van der Waals surface area contributed by atoms with Gasteiger partial charge in [-0.15, -0.1) is 0 Å². The maximum absolute atomic E-state index is 12.8. The summed E-state index contributed by atoms with van der Waals surface area (Å²) >= 11 is 0. The van der Waals surface area contributed by atoms with E-state index in [1.54, 1.807) is 0 Å². The van der Waals surface area contributed by atoms with E-state index in [9.17, 15) is 4.79 Å². The zero-order chi connectivity index (χ0) is 15.2. The molecule has 1 aliphatic rings. The van der Waals surface area contributed by atoms with Gasteiger partial charge in [-0.05, 0) is 30.9 Å². The van der Waals surface area contributed by atoms with Gasteiger partial charge in [0.2, 0.25) is 5.91 Å². The third-order valence-corrected chi connectivity index (χ3v) is 4.70. The Morgan fingerprint density at radius 2 is 2.00 bits per heavy atom. The van der Waals surface area contributed by atoms with E-state index in [-0.39, 0.29) is 5.92 Å². The van der Waals surface area contributed by atoms with Crippen molar-refractivity contribution in [2.24, 2.45) is 11.8 Å². The van der Waals surface area contributed by atoms with Gasteiger partial charge in [0.05, 0.1) is 5.92 Å². The monoisotopic (exact) mass is 288 g/mol. The molecule has 0 bridgehead atoms. The molecule has 3 heteroatoms. The number of para-hydroxylation sites is 1. The first-order chi connectivity index (χ1) is 10.2. The highest BCUT2D eigenvalue weighted by molar-refractivity contribution is 5.81. The topological polar surface area (TPSA) is 32.3 Å². The summed E-state index contributed by atoms with van der Waals surface area (Å²) in [4.78, 5) is 14.8. The number of rotatable bonds is 6. The Labute approximate surface area is 128 Å². The fraction of sp³-hybridized carbons (Fsp3) is 0.611. The van der Waals surface area contributed by atoms with E-state index in [1.807, 2.05) is 6.07 Å². The fourth-order valence-corrected chi connectivity index (χ4v) is 3.11. The van der Waals surface area contributed by atoms with E-state index in [2.05, 4.69) is 49.2 Å². The lowest BCUT2D eigenvalue weighted by Crippen LogP contribution is -2.43. The summed E-state index contributed by atoms with van der Waals surface area (Å²) in [5, 5.41) is 3.41. The molecular weight excluding hydrogens is 260 g/mol. The highest BCUT2D eigenvalue weighted by Crippen LogP contribution is 2.25. The summed E-state index contributed by atoms with van der Waals surface area (Å²) in [6.45, 7) is 8.99. The van der Waals surface area contributed by atoms with Crippen molar-refractivity contribution in [2.75, 3.05) is 25.0 Å². The molecule has 0 radical (unpaired) electrons. The molecule has 0 spiro atoms. The molecule has 1 aromatic carbocycles. The van der Waals surface area contributed by atoms with E-state index in [4.69, 9.17) is 0 Å². The summed E-state index contributed by atoms with van der Waals surface area (Å²) in [7, 11) is 0. The second-order valence-corrected chi connectivity index (χ2v) is 6.00. The lowest BCUT2D eigenvalue weighted by atomic mass is 9.92. The zero-order valence-electron chi connectivity index (χ0n) is 13.6. The Bertz CT molecular complexity index is 468. The lowest BCUT2D eigenvalue weighted by molar-refractivity contribution is -0.135. The molecule has 1 amide bonds. The van der Waals surface area contributed by atoms with Gasteiger partial charge in [0.25, 0.3) is 0 Å². The number of carbonyl (C=O) groups is 1. The van der Waals surface area contributed by atoms with Crippen molar-refractivity contribution >= 4 is 11.6 Å². The van der Waals surface area contributed by atoms with Crippen LogP contribution in [0, 0.1) is 11.8 Å². The van der Waals surface area contributed by atoms with Crippen LogP contribution >= 0.6 is 0 Å². The standard InChI is InChI=1S/C18H28N2O/c1-4-14(5-2)13-20(6-3)18(21)16-11-15-9-7-8-10-17(15)19-12-16/h7-10,14,16,19H,4-6,11-13H2,1-3H3. The minimum atomic E-state index is 0.0780. The smallest absolute Gasteiger partial charge is 0.227 e. The van der Waals surface area contributed by atoms with Crippen LogP contribution in [0.4, 0.5) is 5.69 Å². The molecule has 3 nitrogen and oxygen atoms in total. The molecule has 0 aromatic heterocycles. The number of benzene rings is 1. The minimum absolute atomic E-state index is 0.0780. The second kappa shape index (κ2) is 7.48. The second-order valence-electron chi connectivity index (χ2n) is 6.00. The molecule has 116 valence electrons. The molecule has 1 N–H and O–H groups in total. The van der Waals surface area contributed by atoms with Crippen molar-refractivity contribution in [3.05, 3.63) is 29.8 Å². The predicted octanol–water partition coefficient (Wildman–Crippen LogP) is 3.56. The molecule has 1 unspecified atom stereocenters.